The van der Waals surface area contributed by atoms with Gasteiger partial charge in [-0.1, -0.05) is 53.6 Å². The highest BCUT2D eigenvalue weighted by Gasteiger charge is 2.43. The van der Waals surface area contributed by atoms with Crippen molar-refractivity contribution in [2.24, 2.45) is 17.8 Å². The molecule has 0 radical (unpaired) electrons. The van der Waals surface area contributed by atoms with Crippen molar-refractivity contribution in [1.82, 2.24) is 10.2 Å². The van der Waals surface area contributed by atoms with Crippen LogP contribution < -0.4 is 5.32 Å². The Hall–Kier alpha value is -1.46. The van der Waals surface area contributed by atoms with E-state index in [1.165, 1.54) is 11.1 Å². The first kappa shape index (κ1) is 22.2. The molecule has 0 unspecified atom stereocenters. The Bertz CT molecular complexity index is 713. The summed E-state index contributed by atoms with van der Waals surface area (Å²) in [6.45, 7) is 5.19. The van der Waals surface area contributed by atoms with Crippen molar-refractivity contribution in [2.75, 3.05) is 33.7 Å². The number of aliphatic hydroxyl groups is 2. The molecule has 0 amide bonds. The molecule has 4 heteroatoms. The van der Waals surface area contributed by atoms with Gasteiger partial charge < -0.3 is 20.4 Å². The van der Waals surface area contributed by atoms with Gasteiger partial charge in [-0.2, -0.15) is 0 Å². The van der Waals surface area contributed by atoms with Crippen molar-refractivity contribution in [3.63, 3.8) is 0 Å². The van der Waals surface area contributed by atoms with Crippen LogP contribution in [-0.2, 0) is 6.42 Å². The number of nitrogens with zero attached hydrogens (tertiary/aromatic N) is 1. The summed E-state index contributed by atoms with van der Waals surface area (Å²) in [6.07, 6.45) is 9.26. The number of allylic oxidation sites excluding steroid dienone is 1. The van der Waals surface area contributed by atoms with E-state index in [0.717, 1.165) is 44.5 Å². The zero-order valence-electron chi connectivity index (χ0n) is 18.2. The van der Waals surface area contributed by atoms with E-state index in [4.69, 9.17) is 0 Å². The standard InChI is InChI=1S/C25H38N2O2/c1-18-6-4-7-19(12-18)14-22(28)8-9-23-24-15-20(13-21(24)16-25(23)29)17-26-10-5-11-27(2)3/h4,6-9,12-13,21-26,28-29H,5,10-11,14-17H2,1-3H3/t21-,22-,23+,24-,25+/m0/s1. The maximum absolute atomic E-state index is 10.5. The summed E-state index contributed by atoms with van der Waals surface area (Å²) < 4.78 is 0. The highest BCUT2D eigenvalue weighted by molar-refractivity contribution is 5.24. The average Bonchev–Trinajstić information content (AvgIpc) is 3.16. The minimum absolute atomic E-state index is 0.148. The molecule has 0 spiro atoms. The van der Waals surface area contributed by atoms with Gasteiger partial charge in [0.2, 0.25) is 0 Å². The highest BCUT2D eigenvalue weighted by atomic mass is 16.3. The van der Waals surface area contributed by atoms with E-state index in [1.807, 2.05) is 12.1 Å². The molecule has 5 atom stereocenters. The molecule has 1 aromatic rings. The summed E-state index contributed by atoms with van der Waals surface area (Å²) in [7, 11) is 4.22. The van der Waals surface area contributed by atoms with Crippen LogP contribution in [0.1, 0.15) is 30.4 Å². The van der Waals surface area contributed by atoms with Gasteiger partial charge in [-0.3, -0.25) is 0 Å². The zero-order chi connectivity index (χ0) is 20.8. The quantitative estimate of drug-likeness (QED) is 0.419. The second-order valence-electron chi connectivity index (χ2n) is 9.22. The molecule has 0 heterocycles. The summed E-state index contributed by atoms with van der Waals surface area (Å²) in [4.78, 5) is 2.21. The van der Waals surface area contributed by atoms with E-state index in [0.29, 0.717) is 18.3 Å². The number of aryl methyl sites for hydroxylation is 1. The largest absolute Gasteiger partial charge is 0.392 e. The van der Waals surface area contributed by atoms with Crippen molar-refractivity contribution < 1.29 is 10.2 Å². The third kappa shape index (κ3) is 6.51. The lowest BCUT2D eigenvalue weighted by atomic mass is 9.89. The van der Waals surface area contributed by atoms with Gasteiger partial charge >= 0.3 is 0 Å². The Morgan fingerprint density at radius 3 is 2.90 bits per heavy atom. The molecule has 0 bridgehead atoms. The Kier molecular flexibility index (Phi) is 8.07. The van der Waals surface area contributed by atoms with Gasteiger partial charge in [0.15, 0.2) is 0 Å². The van der Waals surface area contributed by atoms with Gasteiger partial charge in [0.05, 0.1) is 12.2 Å². The lowest BCUT2D eigenvalue weighted by Crippen LogP contribution is -2.23. The van der Waals surface area contributed by atoms with Gasteiger partial charge in [-0.25, -0.2) is 0 Å². The summed E-state index contributed by atoms with van der Waals surface area (Å²) in [6, 6.07) is 8.29. The third-order valence-electron chi connectivity index (χ3n) is 6.34. The van der Waals surface area contributed by atoms with Crippen LogP contribution in [-0.4, -0.2) is 61.1 Å². The lowest BCUT2D eigenvalue weighted by Gasteiger charge is -2.19. The molecule has 3 N–H and O–H groups in total. The molecule has 1 saturated carbocycles. The molecule has 0 aromatic heterocycles. The van der Waals surface area contributed by atoms with Crippen LogP contribution >= 0.6 is 0 Å². The van der Waals surface area contributed by atoms with Gasteiger partial charge in [-0.05, 0) is 70.8 Å². The van der Waals surface area contributed by atoms with Crippen molar-refractivity contribution in [1.29, 1.82) is 0 Å². The van der Waals surface area contributed by atoms with Crippen LogP contribution in [0.2, 0.25) is 0 Å². The monoisotopic (exact) mass is 398 g/mol. The summed E-state index contributed by atoms with van der Waals surface area (Å²) in [5.74, 6) is 1.10. The smallest absolute Gasteiger partial charge is 0.0761 e. The van der Waals surface area contributed by atoms with E-state index in [1.54, 1.807) is 0 Å². The predicted molar refractivity (Wildman–Crippen MR) is 120 cm³/mol. The summed E-state index contributed by atoms with van der Waals surface area (Å²) in [5.41, 5.74) is 3.85. The maximum atomic E-state index is 10.5. The Morgan fingerprint density at radius 1 is 1.31 bits per heavy atom. The molecule has 1 aromatic carbocycles. The van der Waals surface area contributed by atoms with Crippen LogP contribution in [0.5, 0.6) is 0 Å². The first-order valence-corrected chi connectivity index (χ1v) is 11.1. The minimum atomic E-state index is -0.504. The van der Waals surface area contributed by atoms with Crippen LogP contribution in [0, 0.1) is 24.7 Å². The molecule has 1 fully saturated rings. The fourth-order valence-electron chi connectivity index (χ4n) is 4.91. The molecule has 0 saturated heterocycles. The number of aliphatic hydroxyl groups excluding tert-OH is 2. The van der Waals surface area contributed by atoms with Crippen molar-refractivity contribution >= 4 is 0 Å². The topological polar surface area (TPSA) is 55.7 Å². The van der Waals surface area contributed by atoms with Crippen molar-refractivity contribution in [3.05, 3.63) is 59.2 Å². The fourth-order valence-corrected chi connectivity index (χ4v) is 4.91. The summed E-state index contributed by atoms with van der Waals surface area (Å²) in [5, 5.41) is 24.5. The average molecular weight is 399 g/mol. The van der Waals surface area contributed by atoms with Crippen LogP contribution in [0.25, 0.3) is 0 Å². The van der Waals surface area contributed by atoms with E-state index < -0.39 is 6.10 Å². The molecule has 3 rings (SSSR count). The SMILES string of the molecule is Cc1cccc(C[C@@H](O)C=C[C@@H]2[C@H]3CC(CNCCCN(C)C)=C[C@H]3C[C@H]2O)c1. The maximum Gasteiger partial charge on any atom is 0.0761 e. The van der Waals surface area contributed by atoms with E-state index in [9.17, 15) is 10.2 Å². The fraction of sp³-hybridized carbons (Fsp3) is 0.600. The van der Waals surface area contributed by atoms with Crippen LogP contribution in [0.15, 0.2) is 48.1 Å². The van der Waals surface area contributed by atoms with E-state index in [-0.39, 0.29) is 12.0 Å². The minimum Gasteiger partial charge on any atom is -0.392 e. The Labute approximate surface area is 176 Å². The van der Waals surface area contributed by atoms with E-state index in [2.05, 4.69) is 61.6 Å². The zero-order valence-corrected chi connectivity index (χ0v) is 18.2. The van der Waals surface area contributed by atoms with Crippen LogP contribution in [0.4, 0.5) is 0 Å². The molecule has 2 aliphatic carbocycles. The number of fused-ring (bicyclic) bond motifs is 1. The molecule has 160 valence electrons. The van der Waals surface area contributed by atoms with Gasteiger partial charge in [0.25, 0.3) is 0 Å². The second-order valence-corrected chi connectivity index (χ2v) is 9.22. The molecule has 4 nitrogen and oxygen atoms in total. The molecule has 29 heavy (non-hydrogen) atoms. The first-order valence-electron chi connectivity index (χ1n) is 11.1. The van der Waals surface area contributed by atoms with Crippen molar-refractivity contribution in [3.8, 4) is 0 Å². The molecule has 0 aliphatic heterocycles. The van der Waals surface area contributed by atoms with Gasteiger partial charge in [0.1, 0.15) is 0 Å². The first-order chi connectivity index (χ1) is 13.9. The number of hydrogen-bond acceptors (Lipinski definition) is 4. The molecular formula is C25H38N2O2. The molecular weight excluding hydrogens is 360 g/mol. The van der Waals surface area contributed by atoms with Gasteiger partial charge in [0, 0.05) is 18.9 Å². The third-order valence-corrected chi connectivity index (χ3v) is 6.34. The van der Waals surface area contributed by atoms with E-state index >= 15 is 0 Å². The Balaban J connectivity index is 1.47. The van der Waals surface area contributed by atoms with Crippen molar-refractivity contribution in [2.45, 2.75) is 44.8 Å². The van der Waals surface area contributed by atoms with Gasteiger partial charge in [-0.15, -0.1) is 0 Å². The number of nitrogens with one attached hydrogen (secondary N) is 1. The normalized spacial score (nSPS) is 27.6. The Morgan fingerprint density at radius 2 is 2.14 bits per heavy atom. The number of hydrogen-bond donors (Lipinski definition) is 3. The highest BCUT2D eigenvalue weighted by Crippen LogP contribution is 2.47. The summed E-state index contributed by atoms with van der Waals surface area (Å²) >= 11 is 0. The molecule has 2 aliphatic rings. The number of benzene rings is 1. The second kappa shape index (κ2) is 10.5. The van der Waals surface area contributed by atoms with Crippen LogP contribution in [0.3, 0.4) is 0 Å². The lowest BCUT2D eigenvalue weighted by molar-refractivity contribution is 0.140. The number of rotatable bonds is 10. The predicted octanol–water partition coefficient (Wildman–Crippen LogP) is 2.94.